The number of ether oxygens (including phenoxy) is 1. The summed E-state index contributed by atoms with van der Waals surface area (Å²) in [7, 11) is 0. The molecule has 0 heterocycles. The zero-order valence-corrected chi connectivity index (χ0v) is 9.34. The summed E-state index contributed by atoms with van der Waals surface area (Å²) in [5, 5.41) is 0. The Balaban J connectivity index is 2.58. The first kappa shape index (κ1) is 12.2. The number of hydrogen-bond acceptors (Lipinski definition) is 3. The Bertz CT molecular complexity index is 391. The van der Waals surface area contributed by atoms with Gasteiger partial charge in [-0.15, -0.1) is 0 Å². The topological polar surface area (TPSA) is 43.4 Å². The van der Waals surface area contributed by atoms with Crippen LogP contribution in [0.1, 0.15) is 19.4 Å². The lowest BCUT2D eigenvalue weighted by molar-refractivity contribution is -0.154. The average Bonchev–Trinajstić information content (AvgIpc) is 2.26. The predicted octanol–water partition coefficient (Wildman–Crippen LogP) is 2.22. The second-order valence-corrected chi connectivity index (χ2v) is 3.56. The van der Waals surface area contributed by atoms with Crippen molar-refractivity contribution in [2.24, 2.45) is 0 Å². The van der Waals surface area contributed by atoms with E-state index in [-0.39, 0.29) is 6.10 Å². The van der Waals surface area contributed by atoms with Crippen LogP contribution < -0.4 is 0 Å². The molecule has 0 aliphatic heterocycles. The smallest absolute Gasteiger partial charge is 0.379 e. The molecule has 0 unspecified atom stereocenters. The summed E-state index contributed by atoms with van der Waals surface area (Å²) in [5.74, 6) is -1.46. The van der Waals surface area contributed by atoms with E-state index in [2.05, 4.69) is 0 Å². The van der Waals surface area contributed by atoms with Crippen molar-refractivity contribution in [3.8, 4) is 0 Å². The molecule has 0 aliphatic rings. The molecule has 0 N–H and O–H groups in total. The summed E-state index contributed by atoms with van der Waals surface area (Å²) in [4.78, 5) is 22.4. The van der Waals surface area contributed by atoms with Gasteiger partial charge in [0.15, 0.2) is 0 Å². The fourth-order valence-electron chi connectivity index (χ4n) is 1.08. The number of rotatable bonds is 4. The van der Waals surface area contributed by atoms with Crippen LogP contribution in [0.3, 0.4) is 0 Å². The van der Waals surface area contributed by atoms with Gasteiger partial charge in [0.1, 0.15) is 0 Å². The zero-order chi connectivity index (χ0) is 12.0. The Hall–Kier alpha value is -1.90. The first-order valence-corrected chi connectivity index (χ1v) is 5.07. The van der Waals surface area contributed by atoms with Crippen LogP contribution in [0.2, 0.25) is 0 Å². The second kappa shape index (κ2) is 5.85. The molecule has 1 aromatic rings. The number of hydrogen-bond donors (Lipinski definition) is 0. The van der Waals surface area contributed by atoms with Gasteiger partial charge in [0.2, 0.25) is 0 Å². The fraction of sp³-hybridized carbons (Fsp3) is 0.231. The van der Waals surface area contributed by atoms with Gasteiger partial charge in [0.25, 0.3) is 5.78 Å². The molecule has 3 heteroatoms. The molecule has 3 nitrogen and oxygen atoms in total. The average molecular weight is 218 g/mol. The minimum Gasteiger partial charge on any atom is -0.457 e. The molecule has 0 spiro atoms. The highest BCUT2D eigenvalue weighted by Gasteiger charge is 2.12. The van der Waals surface area contributed by atoms with E-state index in [4.69, 9.17) is 4.74 Å². The Morgan fingerprint density at radius 1 is 1.19 bits per heavy atom. The molecule has 0 fully saturated rings. The quantitative estimate of drug-likeness (QED) is 0.442. The molecule has 16 heavy (non-hydrogen) atoms. The maximum atomic E-state index is 11.3. The van der Waals surface area contributed by atoms with Crippen molar-refractivity contribution in [1.82, 2.24) is 0 Å². The van der Waals surface area contributed by atoms with Crippen LogP contribution in [-0.2, 0) is 14.3 Å². The van der Waals surface area contributed by atoms with E-state index in [1.54, 1.807) is 19.9 Å². The molecular weight excluding hydrogens is 204 g/mol. The molecule has 0 saturated heterocycles. The Morgan fingerprint density at radius 3 is 2.38 bits per heavy atom. The Morgan fingerprint density at radius 2 is 1.81 bits per heavy atom. The molecule has 0 bridgehead atoms. The third-order valence-corrected chi connectivity index (χ3v) is 1.77. The number of carbonyl (C=O) groups is 2. The van der Waals surface area contributed by atoms with E-state index in [0.29, 0.717) is 0 Å². The van der Waals surface area contributed by atoms with E-state index < -0.39 is 11.8 Å². The van der Waals surface area contributed by atoms with Crippen LogP contribution in [-0.4, -0.2) is 17.9 Å². The van der Waals surface area contributed by atoms with Gasteiger partial charge in [-0.3, -0.25) is 4.79 Å². The van der Waals surface area contributed by atoms with Crippen LogP contribution in [0.5, 0.6) is 0 Å². The fourth-order valence-corrected chi connectivity index (χ4v) is 1.08. The highest BCUT2D eigenvalue weighted by molar-refractivity contribution is 6.39. The van der Waals surface area contributed by atoms with Crippen molar-refractivity contribution in [3.63, 3.8) is 0 Å². The van der Waals surface area contributed by atoms with Crippen molar-refractivity contribution in [2.75, 3.05) is 0 Å². The minimum atomic E-state index is -0.817. The third-order valence-electron chi connectivity index (χ3n) is 1.77. The summed E-state index contributed by atoms with van der Waals surface area (Å²) in [5.41, 5.74) is 0.869. The molecule has 0 atom stereocenters. The first-order valence-electron chi connectivity index (χ1n) is 5.07. The predicted molar refractivity (Wildman–Crippen MR) is 61.7 cm³/mol. The third kappa shape index (κ3) is 4.09. The minimum absolute atomic E-state index is 0.276. The van der Waals surface area contributed by atoms with Gasteiger partial charge >= 0.3 is 5.97 Å². The van der Waals surface area contributed by atoms with E-state index in [1.165, 1.54) is 6.08 Å². The van der Waals surface area contributed by atoms with E-state index in [0.717, 1.165) is 5.56 Å². The van der Waals surface area contributed by atoms with Gasteiger partial charge < -0.3 is 4.74 Å². The monoisotopic (exact) mass is 218 g/mol. The lowest BCUT2D eigenvalue weighted by Gasteiger charge is -2.04. The summed E-state index contributed by atoms with van der Waals surface area (Å²) in [6, 6.07) is 9.29. The van der Waals surface area contributed by atoms with Gasteiger partial charge in [-0.2, -0.15) is 0 Å². The molecule has 84 valence electrons. The van der Waals surface area contributed by atoms with Crippen molar-refractivity contribution < 1.29 is 14.3 Å². The lowest BCUT2D eigenvalue weighted by atomic mass is 10.2. The maximum absolute atomic E-state index is 11.3. The van der Waals surface area contributed by atoms with Gasteiger partial charge in [0, 0.05) is 0 Å². The summed E-state index contributed by atoms with van der Waals surface area (Å²) in [6.45, 7) is 3.40. The highest BCUT2D eigenvalue weighted by Crippen LogP contribution is 2.01. The maximum Gasteiger partial charge on any atom is 0.379 e. The van der Waals surface area contributed by atoms with Crippen LogP contribution in [0.25, 0.3) is 6.08 Å². The molecule has 0 amide bonds. The molecule has 0 radical (unpaired) electrons. The molecule has 0 aromatic heterocycles. The number of esters is 1. The van der Waals surface area contributed by atoms with Gasteiger partial charge in [0.05, 0.1) is 6.10 Å². The van der Waals surface area contributed by atoms with Crippen LogP contribution in [0, 0.1) is 0 Å². The van der Waals surface area contributed by atoms with Crippen LogP contribution in [0.4, 0.5) is 0 Å². The molecule has 1 aromatic carbocycles. The van der Waals surface area contributed by atoms with Crippen LogP contribution >= 0.6 is 0 Å². The van der Waals surface area contributed by atoms with Crippen molar-refractivity contribution in [2.45, 2.75) is 20.0 Å². The lowest BCUT2D eigenvalue weighted by Crippen LogP contribution is -2.19. The highest BCUT2D eigenvalue weighted by atomic mass is 16.5. The van der Waals surface area contributed by atoms with Gasteiger partial charge in [-0.1, -0.05) is 36.4 Å². The summed E-state index contributed by atoms with van der Waals surface area (Å²) in [6.07, 6.45) is 2.53. The molecule has 0 saturated carbocycles. The largest absolute Gasteiger partial charge is 0.457 e. The second-order valence-electron chi connectivity index (χ2n) is 3.56. The molecule has 1 rings (SSSR count). The molecular formula is C13H14O3. The number of carbonyl (C=O) groups excluding carboxylic acids is 2. The Labute approximate surface area is 94.7 Å². The van der Waals surface area contributed by atoms with Gasteiger partial charge in [-0.05, 0) is 25.5 Å². The normalized spacial score (nSPS) is 10.7. The van der Waals surface area contributed by atoms with E-state index in [9.17, 15) is 9.59 Å². The van der Waals surface area contributed by atoms with E-state index in [1.807, 2.05) is 30.3 Å². The number of benzene rings is 1. The first-order chi connectivity index (χ1) is 7.59. The van der Waals surface area contributed by atoms with E-state index >= 15 is 0 Å². The summed E-state index contributed by atoms with van der Waals surface area (Å²) >= 11 is 0. The van der Waals surface area contributed by atoms with Gasteiger partial charge in [-0.25, -0.2) is 4.79 Å². The summed E-state index contributed by atoms with van der Waals surface area (Å²) < 4.78 is 4.76. The zero-order valence-electron chi connectivity index (χ0n) is 9.34. The van der Waals surface area contributed by atoms with Crippen molar-refractivity contribution in [1.29, 1.82) is 0 Å². The Kier molecular flexibility index (Phi) is 4.45. The SMILES string of the molecule is CC(C)OC(=O)C(=O)C=Cc1ccccc1. The van der Waals surface area contributed by atoms with Crippen molar-refractivity contribution in [3.05, 3.63) is 42.0 Å². The van der Waals surface area contributed by atoms with Crippen LogP contribution in [0.15, 0.2) is 36.4 Å². The van der Waals surface area contributed by atoms with Crippen molar-refractivity contribution >= 4 is 17.8 Å². The number of ketones is 1. The standard InChI is InChI=1S/C13H14O3/c1-10(2)16-13(15)12(14)9-8-11-6-4-3-5-7-11/h3-10H,1-2H3. The molecule has 0 aliphatic carbocycles.